The van der Waals surface area contributed by atoms with E-state index in [0.29, 0.717) is 23.5 Å². The van der Waals surface area contributed by atoms with Gasteiger partial charge in [0.25, 0.3) is 0 Å². The molecule has 0 bridgehead atoms. The first-order chi connectivity index (χ1) is 19.5. The van der Waals surface area contributed by atoms with Crippen LogP contribution in [-0.2, 0) is 6.42 Å². The number of anilines is 2. The fourth-order valence-corrected chi connectivity index (χ4v) is 6.12. The molecular formula is C31H37N7O2. The summed E-state index contributed by atoms with van der Waals surface area (Å²) in [6.45, 7) is 7.48. The van der Waals surface area contributed by atoms with Crippen LogP contribution in [0.5, 0.6) is 0 Å². The molecule has 3 unspecified atom stereocenters. The van der Waals surface area contributed by atoms with Crippen molar-refractivity contribution in [2.24, 2.45) is 16.8 Å². The Labute approximate surface area is 234 Å². The number of nitrogens with zero attached hydrogens (tertiary/aromatic N) is 6. The van der Waals surface area contributed by atoms with Crippen LogP contribution in [0.4, 0.5) is 11.6 Å². The highest BCUT2D eigenvalue weighted by atomic mass is 16.3. The summed E-state index contributed by atoms with van der Waals surface area (Å²) in [7, 11) is 0. The molecule has 4 aromatic rings. The Morgan fingerprint density at radius 3 is 2.73 bits per heavy atom. The number of hydrogen-bond donors (Lipinski definition) is 2. The highest BCUT2D eigenvalue weighted by Gasteiger charge is 2.31. The normalized spacial score (nSPS) is 21.1. The smallest absolute Gasteiger partial charge is 0.206 e. The number of aliphatic imine (C=N–C) groups is 1. The van der Waals surface area contributed by atoms with Crippen LogP contribution in [0, 0.1) is 11.8 Å². The van der Waals surface area contributed by atoms with Crippen molar-refractivity contribution in [3.05, 3.63) is 65.7 Å². The van der Waals surface area contributed by atoms with Crippen molar-refractivity contribution >= 4 is 23.5 Å². The summed E-state index contributed by atoms with van der Waals surface area (Å²) in [6, 6.07) is 12.4. The second kappa shape index (κ2) is 10.4. The molecule has 2 aliphatic heterocycles. The van der Waals surface area contributed by atoms with Gasteiger partial charge in [0.2, 0.25) is 5.95 Å². The Balaban J connectivity index is 0.951. The zero-order valence-electron chi connectivity index (χ0n) is 23.0. The Hall–Kier alpha value is -3.69. The van der Waals surface area contributed by atoms with Crippen molar-refractivity contribution < 1.29 is 9.52 Å². The summed E-state index contributed by atoms with van der Waals surface area (Å²) >= 11 is 0. The third-order valence-corrected chi connectivity index (χ3v) is 8.90. The number of fused-ring (bicyclic) bond motifs is 3. The monoisotopic (exact) mass is 539 g/mol. The topological polar surface area (TPSA) is 108 Å². The summed E-state index contributed by atoms with van der Waals surface area (Å²) in [5.74, 6) is 2.03. The van der Waals surface area contributed by atoms with E-state index in [4.69, 9.17) is 25.1 Å². The number of piperazine rings is 1. The maximum absolute atomic E-state index is 10.6. The molecule has 3 aromatic heterocycles. The lowest BCUT2D eigenvalue weighted by Crippen LogP contribution is -2.47. The van der Waals surface area contributed by atoms with Crippen molar-refractivity contribution in [3.63, 3.8) is 0 Å². The quantitative estimate of drug-likeness (QED) is 0.345. The number of rotatable bonds is 8. The molecule has 0 radical (unpaired) electrons. The van der Waals surface area contributed by atoms with Gasteiger partial charge in [0.1, 0.15) is 5.69 Å². The third-order valence-electron chi connectivity index (χ3n) is 8.90. The maximum atomic E-state index is 10.6. The minimum atomic E-state index is -0.311. The number of aliphatic hydroxyl groups excluding tert-OH is 1. The number of benzene rings is 1. The van der Waals surface area contributed by atoms with Crippen molar-refractivity contribution in [1.82, 2.24) is 19.3 Å². The molecule has 1 saturated carbocycles. The summed E-state index contributed by atoms with van der Waals surface area (Å²) in [5, 5.41) is 10.6. The fourth-order valence-electron chi connectivity index (χ4n) is 6.12. The molecule has 2 fully saturated rings. The largest absolute Gasteiger partial charge is 0.463 e. The van der Waals surface area contributed by atoms with Gasteiger partial charge < -0.3 is 20.2 Å². The molecule has 9 heteroatoms. The Morgan fingerprint density at radius 2 is 1.95 bits per heavy atom. The van der Waals surface area contributed by atoms with Gasteiger partial charge in [-0.25, -0.2) is 9.97 Å². The van der Waals surface area contributed by atoms with Crippen LogP contribution in [0.25, 0.3) is 17.1 Å². The van der Waals surface area contributed by atoms with E-state index in [2.05, 4.69) is 41.0 Å². The molecule has 208 valence electrons. The summed E-state index contributed by atoms with van der Waals surface area (Å²) in [6.07, 6.45) is 9.29. The van der Waals surface area contributed by atoms with Gasteiger partial charge >= 0.3 is 0 Å². The average Bonchev–Trinajstić information content (AvgIpc) is 3.49. The second-order valence-electron chi connectivity index (χ2n) is 11.6. The van der Waals surface area contributed by atoms with Crippen LogP contribution in [0.15, 0.2) is 58.3 Å². The highest BCUT2D eigenvalue weighted by Crippen LogP contribution is 2.41. The van der Waals surface area contributed by atoms with Gasteiger partial charge in [-0.2, -0.15) is 0 Å². The van der Waals surface area contributed by atoms with Crippen LogP contribution in [0.1, 0.15) is 49.1 Å². The van der Waals surface area contributed by atoms with Gasteiger partial charge in [0.15, 0.2) is 11.4 Å². The van der Waals surface area contributed by atoms with Crippen molar-refractivity contribution in [2.75, 3.05) is 43.4 Å². The van der Waals surface area contributed by atoms with Crippen LogP contribution in [0.3, 0.4) is 0 Å². The Kier molecular flexibility index (Phi) is 6.56. The van der Waals surface area contributed by atoms with Gasteiger partial charge in [-0.3, -0.25) is 14.3 Å². The number of aromatic nitrogens is 3. The van der Waals surface area contributed by atoms with Crippen LogP contribution < -0.4 is 10.6 Å². The number of imidazole rings is 1. The minimum absolute atomic E-state index is 0.184. The van der Waals surface area contributed by atoms with E-state index in [9.17, 15) is 5.11 Å². The first-order valence-corrected chi connectivity index (χ1v) is 14.5. The van der Waals surface area contributed by atoms with E-state index in [0.717, 1.165) is 86.6 Å². The molecule has 3 aliphatic rings. The number of aliphatic hydroxyl groups is 1. The van der Waals surface area contributed by atoms with Gasteiger partial charge in [0.05, 0.1) is 29.7 Å². The molecule has 3 atom stereocenters. The second-order valence-corrected chi connectivity index (χ2v) is 11.6. The van der Waals surface area contributed by atoms with E-state index in [1.165, 1.54) is 5.69 Å². The van der Waals surface area contributed by atoms with E-state index in [-0.39, 0.29) is 12.1 Å². The number of nitrogens with two attached hydrogens (primary N) is 1. The Morgan fingerprint density at radius 1 is 1.10 bits per heavy atom. The van der Waals surface area contributed by atoms with Crippen molar-refractivity contribution in [3.8, 4) is 11.5 Å². The standard InChI is InChI=1S/C31H37N7O2/c1-20(9-10-36-11-13-37(14-12-36)23-5-2-4-22(16-23)29(39)21-7-8-21)25-17-26-24(18-33-25)30-34-27(28-6-3-15-40-28)19-38(30)31(32)35-26/h2-6,15-16,18-21,25,29,39H,7-14,17H2,1H3,(H2,32,35). The lowest BCUT2D eigenvalue weighted by molar-refractivity contribution is 0.154. The molecule has 0 amide bonds. The molecule has 7 rings (SSSR count). The summed E-state index contributed by atoms with van der Waals surface area (Å²) in [5.41, 5.74) is 12.0. The first kappa shape index (κ1) is 25.3. The van der Waals surface area contributed by atoms with Gasteiger partial charge in [-0.15, -0.1) is 0 Å². The fraction of sp³-hybridized carbons (Fsp3) is 0.452. The average molecular weight is 540 g/mol. The zero-order valence-corrected chi connectivity index (χ0v) is 23.0. The predicted molar refractivity (Wildman–Crippen MR) is 157 cm³/mol. The van der Waals surface area contributed by atoms with Gasteiger partial charge in [-0.05, 0) is 67.5 Å². The maximum Gasteiger partial charge on any atom is 0.206 e. The number of furan rings is 1. The first-order valence-electron chi connectivity index (χ1n) is 14.5. The van der Waals surface area contributed by atoms with E-state index >= 15 is 0 Å². The summed E-state index contributed by atoms with van der Waals surface area (Å²) in [4.78, 5) is 19.5. The van der Waals surface area contributed by atoms with Crippen molar-refractivity contribution in [1.29, 1.82) is 0 Å². The van der Waals surface area contributed by atoms with Gasteiger partial charge in [-0.1, -0.05) is 19.1 Å². The summed E-state index contributed by atoms with van der Waals surface area (Å²) < 4.78 is 7.34. The van der Waals surface area contributed by atoms with Gasteiger partial charge in [0, 0.05) is 50.7 Å². The molecular weight excluding hydrogens is 502 g/mol. The number of hydrogen-bond acceptors (Lipinski definition) is 8. The van der Waals surface area contributed by atoms with E-state index in [1.807, 2.05) is 28.9 Å². The zero-order chi connectivity index (χ0) is 27.2. The molecule has 40 heavy (non-hydrogen) atoms. The minimum Gasteiger partial charge on any atom is -0.463 e. The molecule has 3 N–H and O–H groups in total. The third kappa shape index (κ3) is 4.88. The molecule has 1 saturated heterocycles. The molecule has 0 spiro atoms. The lowest BCUT2D eigenvalue weighted by atomic mass is 9.91. The van der Waals surface area contributed by atoms with Crippen LogP contribution in [-0.4, -0.2) is 69.4 Å². The predicted octanol–water partition coefficient (Wildman–Crippen LogP) is 4.21. The lowest BCUT2D eigenvalue weighted by Gasteiger charge is -2.37. The highest BCUT2D eigenvalue weighted by molar-refractivity contribution is 5.91. The number of nitrogen functional groups attached to an aromatic ring is 1. The SMILES string of the molecule is CC(CCN1CCN(c2cccc(C(O)C3CC3)c2)CC1)C1Cc2nc(N)n3cc(-c4ccco4)nc3c2C=N1. The molecule has 9 nitrogen and oxygen atoms in total. The molecule has 1 aromatic carbocycles. The Bertz CT molecular complexity index is 1520. The molecule has 5 heterocycles. The van der Waals surface area contributed by atoms with Crippen LogP contribution >= 0.6 is 0 Å². The van der Waals surface area contributed by atoms with Crippen LogP contribution in [0.2, 0.25) is 0 Å². The van der Waals surface area contributed by atoms with E-state index < -0.39 is 0 Å². The van der Waals surface area contributed by atoms with E-state index in [1.54, 1.807) is 6.26 Å². The van der Waals surface area contributed by atoms with Crippen molar-refractivity contribution in [2.45, 2.75) is 44.8 Å². The molecule has 1 aliphatic carbocycles.